The van der Waals surface area contributed by atoms with E-state index >= 15 is 0 Å². The van der Waals surface area contributed by atoms with Gasteiger partial charge in [-0.05, 0) is 68.7 Å². The highest BCUT2D eigenvalue weighted by Gasteiger charge is 2.32. The number of carbonyl (C=O) groups excluding carboxylic acids is 1. The summed E-state index contributed by atoms with van der Waals surface area (Å²) in [6, 6.07) is 0. The second-order valence-electron chi connectivity index (χ2n) is 11.8. The molecule has 3 aliphatic heterocycles. The maximum atomic E-state index is 13.3. The van der Waals surface area contributed by atoms with Gasteiger partial charge < -0.3 is 19.4 Å². The van der Waals surface area contributed by atoms with E-state index in [1.807, 2.05) is 0 Å². The summed E-state index contributed by atoms with van der Waals surface area (Å²) in [7, 11) is 2.16. The first-order valence-electron chi connectivity index (χ1n) is 14.2. The summed E-state index contributed by atoms with van der Waals surface area (Å²) in [6.45, 7) is 14.6. The molecule has 0 aromatic carbocycles. The highest BCUT2D eigenvalue weighted by atomic mass is 16.5. The Bertz CT molecular complexity index is 760. The Kier molecular flexibility index (Phi) is 9.15. The molecule has 2 fully saturated rings. The zero-order chi connectivity index (χ0) is 24.1. The highest BCUT2D eigenvalue weighted by Crippen LogP contribution is 2.33. The van der Waals surface area contributed by atoms with Crippen molar-refractivity contribution in [3.63, 3.8) is 0 Å². The Morgan fingerprint density at radius 2 is 1.91 bits per heavy atom. The van der Waals surface area contributed by atoms with Crippen LogP contribution >= 0.6 is 0 Å². The maximum absolute atomic E-state index is 13.3. The van der Waals surface area contributed by atoms with E-state index in [9.17, 15) is 4.79 Å². The van der Waals surface area contributed by atoms with Gasteiger partial charge in [0.25, 0.3) is 0 Å². The molecule has 192 valence electrons. The van der Waals surface area contributed by atoms with Crippen LogP contribution in [0.25, 0.3) is 0 Å². The first-order valence-corrected chi connectivity index (χ1v) is 14.2. The van der Waals surface area contributed by atoms with E-state index < -0.39 is 0 Å². The predicted octanol–water partition coefficient (Wildman–Crippen LogP) is 5.09. The molecule has 3 heterocycles. The molecular formula is C29H49N3O2. The van der Waals surface area contributed by atoms with Crippen LogP contribution in [0.1, 0.15) is 78.6 Å². The van der Waals surface area contributed by atoms with Crippen molar-refractivity contribution < 1.29 is 9.53 Å². The Morgan fingerprint density at radius 1 is 1.06 bits per heavy atom. The van der Waals surface area contributed by atoms with Crippen LogP contribution in [0.2, 0.25) is 0 Å². The van der Waals surface area contributed by atoms with Gasteiger partial charge in [0.1, 0.15) is 6.10 Å². The van der Waals surface area contributed by atoms with Crippen LogP contribution in [0.3, 0.4) is 0 Å². The average molecular weight is 472 g/mol. The summed E-state index contributed by atoms with van der Waals surface area (Å²) in [5.74, 6) is 3.62. The Morgan fingerprint density at radius 3 is 2.65 bits per heavy atom. The number of ether oxygens (including phenoxy) is 1. The third-order valence-corrected chi connectivity index (χ3v) is 8.65. The summed E-state index contributed by atoms with van der Waals surface area (Å²) in [5.41, 5.74) is 2.29. The lowest BCUT2D eigenvalue weighted by Gasteiger charge is -2.39. The minimum absolute atomic E-state index is 0.284. The number of nitrogens with zero attached hydrogens (tertiary/aromatic N) is 3. The number of unbranched alkanes of at least 4 members (excludes halogenated alkanes) is 2. The zero-order valence-corrected chi connectivity index (χ0v) is 22.4. The normalized spacial score (nSPS) is 29.9. The quantitative estimate of drug-likeness (QED) is 0.416. The number of piperidine rings is 1. The van der Waals surface area contributed by atoms with Gasteiger partial charge in [0.05, 0.1) is 5.76 Å². The fourth-order valence-electron chi connectivity index (χ4n) is 6.66. The van der Waals surface area contributed by atoms with E-state index in [-0.39, 0.29) is 5.91 Å². The van der Waals surface area contributed by atoms with E-state index in [4.69, 9.17) is 4.74 Å². The Labute approximate surface area is 208 Å². The largest absolute Gasteiger partial charge is 0.493 e. The maximum Gasteiger partial charge on any atom is 0.250 e. The minimum atomic E-state index is 0.284. The topological polar surface area (TPSA) is 36.0 Å². The summed E-state index contributed by atoms with van der Waals surface area (Å²) in [6.07, 6.45) is 13.2. The lowest BCUT2D eigenvalue weighted by Crippen LogP contribution is -2.45. The smallest absolute Gasteiger partial charge is 0.250 e. The molecule has 1 amide bonds. The van der Waals surface area contributed by atoms with Crippen LogP contribution in [0.5, 0.6) is 0 Å². The number of rotatable bonds is 10. The van der Waals surface area contributed by atoms with E-state index in [0.29, 0.717) is 12.0 Å². The highest BCUT2D eigenvalue weighted by molar-refractivity contribution is 5.96. The van der Waals surface area contributed by atoms with Crippen molar-refractivity contribution in [3.8, 4) is 0 Å². The molecule has 0 aromatic rings. The molecule has 4 rings (SSSR count). The van der Waals surface area contributed by atoms with Gasteiger partial charge in [0.2, 0.25) is 5.91 Å². The van der Waals surface area contributed by atoms with Gasteiger partial charge in [-0.3, -0.25) is 4.79 Å². The SMILES string of the molecule is CCCCCC1CCN(CC(C)CN2CCC3=C(CCC(OC4CCN(C)C4)=C3)C2=O)CC1C. The molecule has 1 aliphatic carbocycles. The van der Waals surface area contributed by atoms with Crippen molar-refractivity contribution >= 4 is 5.91 Å². The molecule has 0 radical (unpaired) electrons. The average Bonchev–Trinajstić information content (AvgIpc) is 3.21. The number of carbonyl (C=O) groups is 1. The van der Waals surface area contributed by atoms with E-state index in [0.717, 1.165) is 81.6 Å². The van der Waals surface area contributed by atoms with Gasteiger partial charge >= 0.3 is 0 Å². The molecule has 5 nitrogen and oxygen atoms in total. The first-order chi connectivity index (χ1) is 16.4. The molecule has 0 N–H and O–H groups in total. The van der Waals surface area contributed by atoms with Gasteiger partial charge in [-0.25, -0.2) is 0 Å². The van der Waals surface area contributed by atoms with Gasteiger partial charge in [-0.2, -0.15) is 0 Å². The molecular weight excluding hydrogens is 422 g/mol. The molecule has 34 heavy (non-hydrogen) atoms. The fourth-order valence-corrected chi connectivity index (χ4v) is 6.66. The number of likely N-dealkylation sites (N-methyl/N-ethyl adjacent to an activating group) is 1. The van der Waals surface area contributed by atoms with Crippen LogP contribution in [-0.2, 0) is 9.53 Å². The van der Waals surface area contributed by atoms with Crippen molar-refractivity contribution in [2.75, 3.05) is 52.9 Å². The van der Waals surface area contributed by atoms with Gasteiger partial charge in [-0.1, -0.05) is 46.5 Å². The molecule has 4 unspecified atom stereocenters. The fraction of sp³-hybridized carbons (Fsp3) is 0.828. The number of hydrogen-bond acceptors (Lipinski definition) is 4. The number of allylic oxidation sites excluding steroid dienone is 2. The predicted molar refractivity (Wildman–Crippen MR) is 140 cm³/mol. The third-order valence-electron chi connectivity index (χ3n) is 8.65. The second kappa shape index (κ2) is 12.1. The van der Waals surface area contributed by atoms with Crippen LogP contribution in [0, 0.1) is 17.8 Å². The van der Waals surface area contributed by atoms with Crippen molar-refractivity contribution in [2.24, 2.45) is 17.8 Å². The number of amides is 1. The van der Waals surface area contributed by atoms with Crippen molar-refractivity contribution in [1.29, 1.82) is 0 Å². The van der Waals surface area contributed by atoms with Crippen LogP contribution in [0.4, 0.5) is 0 Å². The van der Waals surface area contributed by atoms with Crippen LogP contribution < -0.4 is 0 Å². The summed E-state index contributed by atoms with van der Waals surface area (Å²) in [5, 5.41) is 0. The van der Waals surface area contributed by atoms with Crippen molar-refractivity contribution in [3.05, 3.63) is 23.0 Å². The summed E-state index contributed by atoms with van der Waals surface area (Å²) in [4.78, 5) is 20.4. The molecule has 0 spiro atoms. The standard InChI is InChI=1S/C29H49N3O2/c1-5-6-7-8-24-11-15-31(20-23(24)3)18-22(2)19-32-16-12-25-17-26(9-10-28(25)29(32)33)34-27-13-14-30(4)21-27/h17,22-24,27H,5-16,18-21H2,1-4H3. The molecule has 4 aliphatic rings. The van der Waals surface area contributed by atoms with E-state index in [1.54, 1.807) is 0 Å². The van der Waals surface area contributed by atoms with E-state index in [2.05, 4.69) is 48.6 Å². The molecule has 0 saturated carbocycles. The monoisotopic (exact) mass is 471 g/mol. The minimum Gasteiger partial charge on any atom is -0.493 e. The van der Waals surface area contributed by atoms with Crippen molar-refractivity contribution in [2.45, 2.75) is 84.7 Å². The second-order valence-corrected chi connectivity index (χ2v) is 11.8. The zero-order valence-electron chi connectivity index (χ0n) is 22.4. The summed E-state index contributed by atoms with van der Waals surface area (Å²) < 4.78 is 6.28. The molecule has 0 bridgehead atoms. The molecule has 4 atom stereocenters. The third kappa shape index (κ3) is 6.66. The van der Waals surface area contributed by atoms with Gasteiger partial charge in [0.15, 0.2) is 0 Å². The summed E-state index contributed by atoms with van der Waals surface area (Å²) >= 11 is 0. The number of hydrogen-bond donors (Lipinski definition) is 0. The van der Waals surface area contributed by atoms with Crippen LogP contribution in [-0.4, -0.2) is 79.6 Å². The van der Waals surface area contributed by atoms with E-state index in [1.165, 1.54) is 50.8 Å². The Balaban J connectivity index is 1.24. The molecule has 2 saturated heterocycles. The lowest BCUT2D eigenvalue weighted by atomic mass is 9.83. The van der Waals surface area contributed by atoms with Crippen LogP contribution in [0.15, 0.2) is 23.0 Å². The van der Waals surface area contributed by atoms with Gasteiger partial charge in [-0.15, -0.1) is 0 Å². The lowest BCUT2D eigenvalue weighted by molar-refractivity contribution is -0.128. The van der Waals surface area contributed by atoms with Gasteiger partial charge in [0, 0.05) is 51.3 Å². The molecule has 5 heteroatoms. The first kappa shape index (κ1) is 25.8. The molecule has 0 aromatic heterocycles. The number of likely N-dealkylation sites (tertiary alicyclic amines) is 2. The van der Waals surface area contributed by atoms with Crippen molar-refractivity contribution in [1.82, 2.24) is 14.7 Å². The Hall–Kier alpha value is -1.33.